The van der Waals surface area contributed by atoms with Crippen molar-refractivity contribution in [1.29, 1.82) is 5.26 Å². The molecule has 0 spiro atoms. The normalized spacial score (nSPS) is 10.0. The summed E-state index contributed by atoms with van der Waals surface area (Å²) in [6, 6.07) is 9.80. The van der Waals surface area contributed by atoms with Crippen LogP contribution in [0.2, 0.25) is 5.02 Å². The van der Waals surface area contributed by atoms with Gasteiger partial charge in [0.1, 0.15) is 35.6 Å². The molecule has 0 aliphatic rings. The monoisotopic (exact) mass is 279 g/mol. The topological polar surface area (TPSA) is 33.0 Å². The third-order valence-electron chi connectivity index (χ3n) is 2.40. The van der Waals surface area contributed by atoms with Gasteiger partial charge in [0.25, 0.3) is 0 Å². The van der Waals surface area contributed by atoms with Crippen molar-refractivity contribution in [3.8, 4) is 11.8 Å². The van der Waals surface area contributed by atoms with E-state index in [1.807, 2.05) is 6.07 Å². The van der Waals surface area contributed by atoms with E-state index in [1.165, 1.54) is 12.1 Å². The second kappa shape index (κ2) is 5.68. The summed E-state index contributed by atoms with van der Waals surface area (Å²) in [5.41, 5.74) is 0.530. The van der Waals surface area contributed by atoms with E-state index in [0.29, 0.717) is 5.56 Å². The van der Waals surface area contributed by atoms with Crippen LogP contribution in [0.3, 0.4) is 0 Å². The van der Waals surface area contributed by atoms with Crippen molar-refractivity contribution in [2.75, 3.05) is 0 Å². The molecule has 2 rings (SSSR count). The van der Waals surface area contributed by atoms with Gasteiger partial charge in [-0.15, -0.1) is 0 Å². The molecule has 0 bridgehead atoms. The predicted octanol–water partition coefficient (Wildman–Crippen LogP) is 4.07. The summed E-state index contributed by atoms with van der Waals surface area (Å²) >= 11 is 5.84. The van der Waals surface area contributed by atoms with E-state index in [4.69, 9.17) is 21.6 Å². The van der Waals surface area contributed by atoms with E-state index in [1.54, 1.807) is 18.2 Å². The van der Waals surface area contributed by atoms with Crippen molar-refractivity contribution >= 4 is 11.6 Å². The molecule has 0 aliphatic carbocycles. The Morgan fingerprint density at radius 2 is 1.84 bits per heavy atom. The maximum atomic E-state index is 13.0. The lowest BCUT2D eigenvalue weighted by atomic mass is 10.2. The number of ether oxygens (including phenoxy) is 1. The highest BCUT2D eigenvalue weighted by atomic mass is 35.5. The maximum absolute atomic E-state index is 13.0. The molecule has 96 valence electrons. The van der Waals surface area contributed by atoms with Crippen LogP contribution in [0.1, 0.15) is 11.1 Å². The van der Waals surface area contributed by atoms with Crippen LogP contribution < -0.4 is 4.74 Å². The van der Waals surface area contributed by atoms with Crippen LogP contribution in [-0.4, -0.2) is 0 Å². The van der Waals surface area contributed by atoms with Gasteiger partial charge in [0.15, 0.2) is 0 Å². The Hall–Kier alpha value is -2.12. The summed E-state index contributed by atoms with van der Waals surface area (Å²) < 4.78 is 31.4. The Morgan fingerprint density at radius 3 is 2.47 bits per heavy atom. The van der Waals surface area contributed by atoms with Gasteiger partial charge in [0, 0.05) is 6.07 Å². The van der Waals surface area contributed by atoms with Gasteiger partial charge in [0.05, 0.1) is 5.02 Å². The second-order valence-electron chi connectivity index (χ2n) is 3.79. The summed E-state index contributed by atoms with van der Waals surface area (Å²) in [6.45, 7) is -0.0519. The summed E-state index contributed by atoms with van der Waals surface area (Å²) in [5.74, 6) is -1.07. The summed E-state index contributed by atoms with van der Waals surface area (Å²) in [7, 11) is 0. The second-order valence-corrected chi connectivity index (χ2v) is 4.20. The lowest BCUT2D eigenvalue weighted by molar-refractivity contribution is 0.304. The van der Waals surface area contributed by atoms with Gasteiger partial charge >= 0.3 is 0 Å². The number of halogens is 3. The number of rotatable bonds is 3. The van der Waals surface area contributed by atoms with Gasteiger partial charge in [-0.05, 0) is 29.8 Å². The van der Waals surface area contributed by atoms with E-state index in [0.717, 1.165) is 6.07 Å². The molecular formula is C14H8ClF2NO. The molecule has 0 atom stereocenters. The molecule has 0 radical (unpaired) electrons. The molecule has 2 nitrogen and oxygen atoms in total. The minimum absolute atomic E-state index is 0.0519. The van der Waals surface area contributed by atoms with Crippen LogP contribution in [0, 0.1) is 23.0 Å². The number of hydrogen-bond acceptors (Lipinski definition) is 2. The molecule has 19 heavy (non-hydrogen) atoms. The third kappa shape index (κ3) is 3.21. The maximum Gasteiger partial charge on any atom is 0.139 e. The molecule has 2 aromatic rings. The zero-order valence-corrected chi connectivity index (χ0v) is 10.4. The molecule has 0 amide bonds. The molecule has 2 aromatic carbocycles. The summed E-state index contributed by atoms with van der Waals surface area (Å²) in [4.78, 5) is 0. The van der Waals surface area contributed by atoms with Crippen LogP contribution >= 0.6 is 11.6 Å². The Labute approximate surface area is 113 Å². The van der Waals surface area contributed by atoms with Crippen LogP contribution in [-0.2, 0) is 6.61 Å². The average Bonchev–Trinajstić information content (AvgIpc) is 2.35. The third-order valence-corrected chi connectivity index (χ3v) is 2.72. The van der Waals surface area contributed by atoms with E-state index in [-0.39, 0.29) is 22.9 Å². The SMILES string of the molecule is N#Cc1c(Cl)cccc1OCc1cc(F)cc(F)c1. The van der Waals surface area contributed by atoms with Gasteiger partial charge < -0.3 is 4.74 Å². The number of benzene rings is 2. The Kier molecular flexibility index (Phi) is 3.98. The van der Waals surface area contributed by atoms with Crippen molar-refractivity contribution in [3.63, 3.8) is 0 Å². The lowest BCUT2D eigenvalue weighted by Crippen LogP contribution is -1.99. The molecule has 0 saturated carbocycles. The highest BCUT2D eigenvalue weighted by Crippen LogP contribution is 2.26. The summed E-state index contributed by atoms with van der Waals surface area (Å²) in [5, 5.41) is 9.22. The molecule has 0 saturated heterocycles. The van der Waals surface area contributed by atoms with Crippen molar-refractivity contribution in [2.24, 2.45) is 0 Å². The van der Waals surface area contributed by atoms with Gasteiger partial charge in [-0.1, -0.05) is 17.7 Å². The van der Waals surface area contributed by atoms with Gasteiger partial charge in [0.2, 0.25) is 0 Å². The zero-order valence-electron chi connectivity index (χ0n) is 9.66. The first-order chi connectivity index (χ1) is 9.10. The van der Waals surface area contributed by atoms with Crippen LogP contribution in [0.4, 0.5) is 8.78 Å². The van der Waals surface area contributed by atoms with Crippen LogP contribution in [0.15, 0.2) is 36.4 Å². The van der Waals surface area contributed by atoms with Gasteiger partial charge in [-0.2, -0.15) is 5.26 Å². The van der Waals surface area contributed by atoms with E-state index in [2.05, 4.69) is 0 Å². The quantitative estimate of drug-likeness (QED) is 0.848. The fraction of sp³-hybridized carbons (Fsp3) is 0.0714. The first-order valence-corrected chi connectivity index (χ1v) is 5.74. The number of nitriles is 1. The van der Waals surface area contributed by atoms with Crippen molar-refractivity contribution in [3.05, 3.63) is 64.2 Å². The molecular weight excluding hydrogens is 272 g/mol. The molecule has 0 N–H and O–H groups in total. The first-order valence-electron chi connectivity index (χ1n) is 5.36. The summed E-state index contributed by atoms with van der Waals surface area (Å²) in [6.07, 6.45) is 0. The fourth-order valence-corrected chi connectivity index (χ4v) is 1.80. The Morgan fingerprint density at radius 1 is 1.16 bits per heavy atom. The number of nitrogens with zero attached hydrogens (tertiary/aromatic N) is 1. The van der Waals surface area contributed by atoms with Crippen molar-refractivity contribution in [1.82, 2.24) is 0 Å². The smallest absolute Gasteiger partial charge is 0.139 e. The molecule has 0 aromatic heterocycles. The molecule has 5 heteroatoms. The highest BCUT2D eigenvalue weighted by molar-refractivity contribution is 6.31. The Balaban J connectivity index is 2.19. The van der Waals surface area contributed by atoms with E-state index < -0.39 is 11.6 Å². The molecule has 0 fully saturated rings. The predicted molar refractivity (Wildman–Crippen MR) is 66.9 cm³/mol. The van der Waals surface area contributed by atoms with E-state index in [9.17, 15) is 8.78 Å². The van der Waals surface area contributed by atoms with Crippen LogP contribution in [0.25, 0.3) is 0 Å². The largest absolute Gasteiger partial charge is 0.487 e. The molecule has 0 heterocycles. The average molecular weight is 280 g/mol. The van der Waals surface area contributed by atoms with Gasteiger partial charge in [-0.25, -0.2) is 8.78 Å². The van der Waals surface area contributed by atoms with Crippen LogP contribution in [0.5, 0.6) is 5.75 Å². The van der Waals surface area contributed by atoms with Crippen molar-refractivity contribution in [2.45, 2.75) is 6.61 Å². The zero-order chi connectivity index (χ0) is 13.8. The first kappa shape index (κ1) is 13.3. The molecule has 0 unspecified atom stereocenters. The molecule has 0 aliphatic heterocycles. The van der Waals surface area contributed by atoms with Gasteiger partial charge in [-0.3, -0.25) is 0 Å². The fourth-order valence-electron chi connectivity index (χ4n) is 1.59. The standard InChI is InChI=1S/C14H8ClF2NO/c15-13-2-1-3-14(12(13)7-18)19-8-9-4-10(16)6-11(17)5-9/h1-6H,8H2. The highest BCUT2D eigenvalue weighted by Gasteiger charge is 2.08. The van der Waals surface area contributed by atoms with Crippen molar-refractivity contribution < 1.29 is 13.5 Å². The minimum Gasteiger partial charge on any atom is -0.487 e. The Bertz CT molecular complexity index is 632. The number of hydrogen-bond donors (Lipinski definition) is 0. The lowest BCUT2D eigenvalue weighted by Gasteiger charge is -2.09. The van der Waals surface area contributed by atoms with E-state index >= 15 is 0 Å². The minimum atomic E-state index is -0.676.